The van der Waals surface area contributed by atoms with Crippen molar-refractivity contribution in [3.05, 3.63) is 23.7 Å². The molecule has 7 heteroatoms. The van der Waals surface area contributed by atoms with Crippen molar-refractivity contribution in [2.24, 2.45) is 17.8 Å². The molecule has 110 valence electrons. The highest BCUT2D eigenvalue weighted by molar-refractivity contribution is 6.33. The number of aliphatic hydroxyl groups excluding tert-OH is 1. The second-order valence-electron chi connectivity index (χ2n) is 5.30. The monoisotopic (exact) mass is 307 g/mol. The third-order valence-electron chi connectivity index (χ3n) is 4.34. The average Bonchev–Trinajstić information content (AvgIpc) is 3.07. The average molecular weight is 308 g/mol. The molecule has 1 aliphatic rings. The molecule has 0 bridgehead atoms. The van der Waals surface area contributed by atoms with Gasteiger partial charge in [0.05, 0.1) is 5.39 Å². The van der Waals surface area contributed by atoms with Crippen molar-refractivity contribution in [1.82, 2.24) is 14.5 Å². The van der Waals surface area contributed by atoms with Gasteiger partial charge in [-0.25, -0.2) is 9.97 Å². The van der Waals surface area contributed by atoms with Crippen molar-refractivity contribution in [1.29, 1.82) is 0 Å². The summed E-state index contributed by atoms with van der Waals surface area (Å²) in [5, 5.41) is 10.5. The van der Waals surface area contributed by atoms with E-state index in [2.05, 4.69) is 9.97 Å². The molecule has 1 aliphatic carbocycles. The van der Waals surface area contributed by atoms with Gasteiger partial charge < -0.3 is 19.3 Å². The molecular weight excluding hydrogens is 294 g/mol. The van der Waals surface area contributed by atoms with Crippen molar-refractivity contribution < 1.29 is 14.7 Å². The summed E-state index contributed by atoms with van der Waals surface area (Å²) in [7, 11) is 0. The Bertz CT molecular complexity index is 687. The van der Waals surface area contributed by atoms with E-state index in [1.54, 1.807) is 12.3 Å². The van der Waals surface area contributed by atoms with Crippen LogP contribution in [0.15, 0.2) is 18.6 Å². The summed E-state index contributed by atoms with van der Waals surface area (Å²) in [4.78, 5) is 30.8. The molecule has 0 amide bonds. The van der Waals surface area contributed by atoms with E-state index < -0.39 is 11.8 Å². The van der Waals surface area contributed by atoms with E-state index in [1.165, 1.54) is 6.33 Å². The number of hydrogen-bond donors (Lipinski definition) is 1. The molecule has 0 aromatic carbocycles. The highest BCUT2D eigenvalue weighted by Gasteiger charge is 2.44. The maximum absolute atomic E-state index is 11.4. The second kappa shape index (κ2) is 5.54. The number of carbonyl (C=O) groups is 2. The molecule has 2 heterocycles. The molecule has 6 nitrogen and oxygen atoms in total. The summed E-state index contributed by atoms with van der Waals surface area (Å²) < 4.78 is 1.86. The number of rotatable bonds is 4. The third kappa shape index (κ3) is 2.15. The normalized spacial score (nSPS) is 28.9. The standard InChI is InChI=1S/C14H14ClN3O3/c15-13-9-1-2-18(14(9)17-7-16-13)12-3-8(4-19)10(5-20)11(12)6-21/h1-2,5-8,10-12,19H,3-4H2/t8-,10+,11-,12+/m0/s1. The number of hydrogen-bond acceptors (Lipinski definition) is 5. The molecule has 2 aromatic heterocycles. The maximum atomic E-state index is 11.4. The van der Waals surface area contributed by atoms with E-state index in [0.717, 1.165) is 12.6 Å². The highest BCUT2D eigenvalue weighted by Crippen LogP contribution is 2.43. The largest absolute Gasteiger partial charge is 0.396 e. The van der Waals surface area contributed by atoms with Crippen LogP contribution in [0, 0.1) is 17.8 Å². The van der Waals surface area contributed by atoms with Gasteiger partial charge in [-0.3, -0.25) is 0 Å². The Morgan fingerprint density at radius 1 is 1.33 bits per heavy atom. The maximum Gasteiger partial charge on any atom is 0.145 e. The van der Waals surface area contributed by atoms with E-state index in [-0.39, 0.29) is 18.6 Å². The Hall–Kier alpha value is -1.79. The summed E-state index contributed by atoms with van der Waals surface area (Å²) in [6, 6.07) is 1.58. The molecule has 0 saturated heterocycles. The highest BCUT2D eigenvalue weighted by atomic mass is 35.5. The number of carbonyl (C=O) groups excluding carboxylic acids is 2. The van der Waals surface area contributed by atoms with E-state index in [0.29, 0.717) is 22.6 Å². The second-order valence-corrected chi connectivity index (χ2v) is 5.66. The molecule has 0 unspecified atom stereocenters. The van der Waals surface area contributed by atoms with Crippen molar-refractivity contribution in [2.45, 2.75) is 12.5 Å². The van der Waals surface area contributed by atoms with Crippen LogP contribution in [0.1, 0.15) is 12.5 Å². The van der Waals surface area contributed by atoms with E-state index in [1.807, 2.05) is 4.57 Å². The van der Waals surface area contributed by atoms with Gasteiger partial charge >= 0.3 is 0 Å². The van der Waals surface area contributed by atoms with Crippen LogP contribution in [0.25, 0.3) is 11.0 Å². The fourth-order valence-corrected chi connectivity index (χ4v) is 3.47. The number of aromatic nitrogens is 3. The van der Waals surface area contributed by atoms with Gasteiger partial charge in [0.2, 0.25) is 0 Å². The van der Waals surface area contributed by atoms with Crippen LogP contribution in [0.4, 0.5) is 0 Å². The molecule has 2 aromatic rings. The van der Waals surface area contributed by atoms with Crippen molar-refractivity contribution in [2.75, 3.05) is 6.61 Å². The lowest BCUT2D eigenvalue weighted by atomic mass is 9.91. The van der Waals surface area contributed by atoms with E-state index >= 15 is 0 Å². The van der Waals surface area contributed by atoms with Crippen molar-refractivity contribution in [3.8, 4) is 0 Å². The number of halogens is 1. The fourth-order valence-electron chi connectivity index (χ4n) is 3.28. The van der Waals surface area contributed by atoms with Crippen molar-refractivity contribution in [3.63, 3.8) is 0 Å². The van der Waals surface area contributed by atoms with Crippen LogP contribution < -0.4 is 0 Å². The number of aliphatic hydroxyl groups is 1. The molecule has 0 spiro atoms. The molecule has 1 saturated carbocycles. The van der Waals surface area contributed by atoms with Gasteiger partial charge in [0.25, 0.3) is 0 Å². The Kier molecular flexibility index (Phi) is 3.73. The Labute approximate surface area is 125 Å². The summed E-state index contributed by atoms with van der Waals surface area (Å²) in [6.07, 6.45) is 5.29. The molecule has 0 radical (unpaired) electrons. The van der Waals surface area contributed by atoms with Gasteiger partial charge in [-0.2, -0.15) is 0 Å². The third-order valence-corrected chi connectivity index (χ3v) is 4.65. The van der Waals surface area contributed by atoms with Crippen LogP contribution >= 0.6 is 11.6 Å². The zero-order valence-corrected chi connectivity index (χ0v) is 11.8. The Morgan fingerprint density at radius 2 is 2.10 bits per heavy atom. The summed E-state index contributed by atoms with van der Waals surface area (Å²) in [5.74, 6) is -1.14. The predicted octanol–water partition coefficient (Wildman–Crippen LogP) is 1.27. The first-order chi connectivity index (χ1) is 10.2. The van der Waals surface area contributed by atoms with Crippen LogP contribution in [-0.4, -0.2) is 38.8 Å². The van der Waals surface area contributed by atoms with Crippen molar-refractivity contribution >= 4 is 35.2 Å². The van der Waals surface area contributed by atoms with Gasteiger partial charge in [0.1, 0.15) is 29.7 Å². The Balaban J connectivity index is 2.07. The number of nitrogens with zero attached hydrogens (tertiary/aromatic N) is 3. The Morgan fingerprint density at radius 3 is 2.76 bits per heavy atom. The van der Waals surface area contributed by atoms with Gasteiger partial charge in [-0.05, 0) is 18.4 Å². The van der Waals surface area contributed by atoms with E-state index in [4.69, 9.17) is 11.6 Å². The zero-order chi connectivity index (χ0) is 15.0. The minimum absolute atomic E-state index is 0.112. The smallest absolute Gasteiger partial charge is 0.145 e. The summed E-state index contributed by atoms with van der Waals surface area (Å²) in [6.45, 7) is -0.112. The SMILES string of the molecule is O=C[C@@H]1[C@H](CO)C[C@@H](n2ccc3c(Cl)ncnc32)[C@H]1C=O. The molecule has 0 aliphatic heterocycles. The molecule has 1 N–H and O–H groups in total. The molecular formula is C14H14ClN3O3. The van der Waals surface area contributed by atoms with Crippen LogP contribution in [0.5, 0.6) is 0 Å². The predicted molar refractivity (Wildman–Crippen MR) is 75.9 cm³/mol. The minimum atomic E-state index is -0.469. The molecule has 4 atom stereocenters. The zero-order valence-electron chi connectivity index (χ0n) is 11.1. The summed E-state index contributed by atoms with van der Waals surface area (Å²) in [5.41, 5.74) is 0.634. The minimum Gasteiger partial charge on any atom is -0.396 e. The lowest BCUT2D eigenvalue weighted by Crippen LogP contribution is -2.23. The molecule has 21 heavy (non-hydrogen) atoms. The first-order valence-electron chi connectivity index (χ1n) is 6.69. The first-order valence-corrected chi connectivity index (χ1v) is 7.07. The molecule has 1 fully saturated rings. The van der Waals surface area contributed by atoms with Gasteiger partial charge in [-0.1, -0.05) is 11.6 Å². The van der Waals surface area contributed by atoms with Crippen LogP contribution in [0.3, 0.4) is 0 Å². The van der Waals surface area contributed by atoms with Gasteiger partial charge in [-0.15, -0.1) is 0 Å². The topological polar surface area (TPSA) is 85.1 Å². The van der Waals surface area contributed by atoms with Gasteiger partial charge in [0.15, 0.2) is 0 Å². The summed E-state index contributed by atoms with van der Waals surface area (Å²) >= 11 is 6.03. The van der Waals surface area contributed by atoms with Gasteiger partial charge in [0, 0.05) is 30.7 Å². The van der Waals surface area contributed by atoms with Crippen LogP contribution in [-0.2, 0) is 9.59 Å². The lowest BCUT2D eigenvalue weighted by Gasteiger charge is -2.18. The number of fused-ring (bicyclic) bond motifs is 1. The first kappa shape index (κ1) is 14.2. The number of aldehydes is 2. The fraction of sp³-hybridized carbons (Fsp3) is 0.429. The lowest BCUT2D eigenvalue weighted by molar-refractivity contribution is -0.120. The van der Waals surface area contributed by atoms with E-state index in [9.17, 15) is 14.7 Å². The quantitative estimate of drug-likeness (QED) is 0.679. The molecule has 3 rings (SSSR count). The van der Waals surface area contributed by atoms with Crippen LogP contribution in [0.2, 0.25) is 5.15 Å².